The van der Waals surface area contributed by atoms with E-state index in [1.165, 1.54) is 109 Å². The van der Waals surface area contributed by atoms with E-state index in [4.69, 9.17) is 5.73 Å². The molecule has 2 N–H and O–H groups in total. The van der Waals surface area contributed by atoms with E-state index < -0.39 is 0 Å². The van der Waals surface area contributed by atoms with E-state index in [9.17, 15) is 0 Å². The van der Waals surface area contributed by atoms with Crippen molar-refractivity contribution in [3.8, 4) is 0 Å². The zero-order valence-corrected chi connectivity index (χ0v) is 16.8. The topological polar surface area (TPSA) is 26.0 Å². The molecule has 0 aromatic carbocycles. The molecular weight excluding hydrogens is 278 g/mol. The molecule has 0 aliphatic carbocycles. The van der Waals surface area contributed by atoms with Gasteiger partial charge in [0.05, 0.1) is 0 Å². The maximum absolute atomic E-state index is 5.51. The molecule has 0 unspecified atom stereocenters. The molecule has 0 aromatic rings. The summed E-state index contributed by atoms with van der Waals surface area (Å²) in [7, 11) is 0. The van der Waals surface area contributed by atoms with Crippen molar-refractivity contribution < 1.29 is 0 Å². The summed E-state index contributed by atoms with van der Waals surface area (Å²) >= 11 is 0. The zero-order chi connectivity index (χ0) is 17.2. The Balaban J connectivity index is 3.25. The van der Waals surface area contributed by atoms with Gasteiger partial charge >= 0.3 is 0 Å². The molecular formula is C22H47N. The molecule has 0 heterocycles. The number of hydrogen-bond acceptors (Lipinski definition) is 1. The highest BCUT2D eigenvalue weighted by atomic mass is 14.5. The van der Waals surface area contributed by atoms with Crippen LogP contribution in [0.2, 0.25) is 0 Å². The molecule has 0 bridgehead atoms. The third-order valence-corrected chi connectivity index (χ3v) is 6.16. The fraction of sp³-hybridized carbons (Fsp3) is 1.00. The van der Waals surface area contributed by atoms with Crippen LogP contribution in [0.5, 0.6) is 0 Å². The van der Waals surface area contributed by atoms with Gasteiger partial charge < -0.3 is 5.73 Å². The molecule has 0 saturated heterocycles. The normalized spacial score (nSPS) is 12.0. The molecule has 0 aromatic heterocycles. The van der Waals surface area contributed by atoms with Crippen LogP contribution in [0.4, 0.5) is 0 Å². The van der Waals surface area contributed by atoms with Crippen LogP contribution < -0.4 is 5.73 Å². The quantitative estimate of drug-likeness (QED) is 0.258. The summed E-state index contributed by atoms with van der Waals surface area (Å²) in [6.07, 6.45) is 24.1. The smallest absolute Gasteiger partial charge is 0.00773 e. The Bertz CT molecular complexity index is 212. The Labute approximate surface area is 148 Å². The fourth-order valence-electron chi connectivity index (χ4n) is 3.87. The molecule has 0 radical (unpaired) electrons. The molecule has 1 nitrogen and oxygen atoms in total. The molecule has 0 fully saturated rings. The molecule has 23 heavy (non-hydrogen) atoms. The fourth-order valence-corrected chi connectivity index (χ4v) is 3.87. The zero-order valence-electron chi connectivity index (χ0n) is 16.8. The average Bonchev–Trinajstić information content (AvgIpc) is 2.59. The summed E-state index contributed by atoms with van der Waals surface area (Å²) in [5.41, 5.74) is 6.17. The van der Waals surface area contributed by atoms with Crippen LogP contribution >= 0.6 is 0 Å². The Morgan fingerprint density at radius 3 is 1.09 bits per heavy atom. The van der Waals surface area contributed by atoms with Crippen molar-refractivity contribution in [1.82, 2.24) is 0 Å². The van der Waals surface area contributed by atoms with Gasteiger partial charge in [-0.15, -0.1) is 0 Å². The second-order valence-electron chi connectivity index (χ2n) is 7.70. The molecule has 1 heteroatoms. The van der Waals surface area contributed by atoms with E-state index in [0.29, 0.717) is 5.41 Å². The van der Waals surface area contributed by atoms with Crippen LogP contribution in [-0.2, 0) is 0 Å². The molecule has 0 aliphatic heterocycles. The first-order chi connectivity index (χ1) is 11.2. The summed E-state index contributed by atoms with van der Waals surface area (Å²) in [5.74, 6) is 0. The van der Waals surface area contributed by atoms with E-state index in [0.717, 1.165) is 6.54 Å². The molecule has 0 aliphatic rings. The lowest BCUT2D eigenvalue weighted by molar-refractivity contribution is 0.220. The first-order valence-corrected chi connectivity index (χ1v) is 10.9. The lowest BCUT2D eigenvalue weighted by Gasteiger charge is -2.30. The van der Waals surface area contributed by atoms with E-state index >= 15 is 0 Å². The van der Waals surface area contributed by atoms with Gasteiger partial charge in [-0.3, -0.25) is 0 Å². The minimum atomic E-state index is 0.657. The van der Waals surface area contributed by atoms with Gasteiger partial charge in [0.1, 0.15) is 0 Å². The minimum Gasteiger partial charge on any atom is -0.330 e. The summed E-state index contributed by atoms with van der Waals surface area (Å²) in [4.78, 5) is 0. The van der Waals surface area contributed by atoms with Gasteiger partial charge in [-0.05, 0) is 24.8 Å². The van der Waals surface area contributed by atoms with Gasteiger partial charge in [-0.25, -0.2) is 0 Å². The maximum atomic E-state index is 5.51. The summed E-state index contributed by atoms with van der Waals surface area (Å²) in [5, 5.41) is 0. The number of nitrogens with two attached hydrogens (primary N) is 1. The second kappa shape index (κ2) is 16.8. The Kier molecular flexibility index (Phi) is 16.8. The van der Waals surface area contributed by atoms with Crippen molar-refractivity contribution in [2.24, 2.45) is 11.1 Å². The number of unbranched alkanes of at least 4 members (excludes halogenated alkanes) is 12. The highest BCUT2D eigenvalue weighted by molar-refractivity contribution is 4.74. The standard InChI is InChI=1S/C22H47N/c1-4-22(5-2,6-3)20-18-16-14-12-10-8-7-9-11-13-15-17-19-21-23/h4-21,23H2,1-3H3. The second-order valence-corrected chi connectivity index (χ2v) is 7.70. The van der Waals surface area contributed by atoms with Crippen molar-refractivity contribution in [1.29, 1.82) is 0 Å². The lowest BCUT2D eigenvalue weighted by atomic mass is 9.75. The summed E-state index contributed by atoms with van der Waals surface area (Å²) in [6, 6.07) is 0. The molecule has 0 saturated carbocycles. The molecule has 0 spiro atoms. The van der Waals surface area contributed by atoms with Gasteiger partial charge in [-0.2, -0.15) is 0 Å². The summed E-state index contributed by atoms with van der Waals surface area (Å²) < 4.78 is 0. The van der Waals surface area contributed by atoms with Gasteiger partial charge in [0.15, 0.2) is 0 Å². The molecule has 0 amide bonds. The third-order valence-electron chi connectivity index (χ3n) is 6.16. The molecule has 140 valence electrons. The van der Waals surface area contributed by atoms with Crippen LogP contribution in [0.25, 0.3) is 0 Å². The van der Waals surface area contributed by atoms with Gasteiger partial charge in [0.25, 0.3) is 0 Å². The van der Waals surface area contributed by atoms with Crippen LogP contribution in [0.3, 0.4) is 0 Å². The van der Waals surface area contributed by atoms with Crippen molar-refractivity contribution in [2.75, 3.05) is 6.54 Å². The first-order valence-electron chi connectivity index (χ1n) is 10.9. The van der Waals surface area contributed by atoms with Gasteiger partial charge in [0, 0.05) is 0 Å². The Morgan fingerprint density at radius 2 is 0.783 bits per heavy atom. The average molecular weight is 326 g/mol. The van der Waals surface area contributed by atoms with Crippen LogP contribution in [0, 0.1) is 5.41 Å². The highest BCUT2D eigenvalue weighted by Crippen LogP contribution is 2.36. The molecule has 0 rings (SSSR count). The van der Waals surface area contributed by atoms with E-state index in [1.54, 1.807) is 0 Å². The Morgan fingerprint density at radius 1 is 0.478 bits per heavy atom. The highest BCUT2D eigenvalue weighted by Gasteiger charge is 2.22. The maximum Gasteiger partial charge on any atom is -0.00773 e. The van der Waals surface area contributed by atoms with E-state index in [2.05, 4.69) is 20.8 Å². The van der Waals surface area contributed by atoms with Crippen molar-refractivity contribution in [2.45, 2.75) is 130 Å². The van der Waals surface area contributed by atoms with Crippen molar-refractivity contribution >= 4 is 0 Å². The predicted molar refractivity (Wildman–Crippen MR) is 107 cm³/mol. The van der Waals surface area contributed by atoms with Crippen LogP contribution in [0.1, 0.15) is 130 Å². The number of hydrogen-bond donors (Lipinski definition) is 1. The van der Waals surface area contributed by atoms with Gasteiger partial charge in [0.2, 0.25) is 0 Å². The van der Waals surface area contributed by atoms with Crippen molar-refractivity contribution in [3.63, 3.8) is 0 Å². The largest absolute Gasteiger partial charge is 0.330 e. The monoisotopic (exact) mass is 325 g/mol. The predicted octanol–water partition coefficient (Wildman–Crippen LogP) is 7.62. The van der Waals surface area contributed by atoms with E-state index in [-0.39, 0.29) is 0 Å². The molecule has 0 atom stereocenters. The third kappa shape index (κ3) is 13.0. The van der Waals surface area contributed by atoms with Crippen LogP contribution in [-0.4, -0.2) is 6.54 Å². The SMILES string of the molecule is CCC(CC)(CC)CCCCCCCCCCCCCCCN. The van der Waals surface area contributed by atoms with Crippen LogP contribution in [0.15, 0.2) is 0 Å². The summed E-state index contributed by atoms with van der Waals surface area (Å²) in [6.45, 7) is 8.01. The van der Waals surface area contributed by atoms with Crippen molar-refractivity contribution in [3.05, 3.63) is 0 Å². The first kappa shape index (κ1) is 23.0. The Hall–Kier alpha value is -0.0400. The van der Waals surface area contributed by atoms with E-state index in [1.807, 2.05) is 0 Å². The lowest BCUT2D eigenvalue weighted by Crippen LogP contribution is -2.17. The van der Waals surface area contributed by atoms with Gasteiger partial charge in [-0.1, -0.05) is 117 Å². The minimum absolute atomic E-state index is 0.657. The number of rotatable bonds is 18.